The molecule has 5 aliphatic carbocycles. The quantitative estimate of drug-likeness (QED) is 0.450. The number of fused-ring (bicyclic) bond motifs is 7. The SMILES string of the molecule is CC1(C)C(O)CCC2(C)C1CCC1(C)C3CCC4(NC(=O)CCc5ccccc5)CCCC4C3CCC12. The van der Waals surface area contributed by atoms with E-state index in [9.17, 15) is 9.90 Å². The van der Waals surface area contributed by atoms with E-state index < -0.39 is 0 Å². The number of amides is 1. The zero-order valence-electron chi connectivity index (χ0n) is 23.9. The van der Waals surface area contributed by atoms with Crippen molar-refractivity contribution >= 4 is 5.91 Å². The van der Waals surface area contributed by atoms with Gasteiger partial charge in [0.15, 0.2) is 0 Å². The maximum Gasteiger partial charge on any atom is 0.220 e. The van der Waals surface area contributed by atoms with Crippen LogP contribution in [0.2, 0.25) is 0 Å². The third kappa shape index (κ3) is 3.95. The Morgan fingerprint density at radius 1 is 0.838 bits per heavy atom. The van der Waals surface area contributed by atoms with E-state index in [0.29, 0.717) is 29.1 Å². The van der Waals surface area contributed by atoms with Gasteiger partial charge >= 0.3 is 0 Å². The number of carbonyl (C=O) groups excluding carboxylic acids is 1. The molecule has 5 fully saturated rings. The highest BCUT2D eigenvalue weighted by molar-refractivity contribution is 5.77. The van der Waals surface area contributed by atoms with Gasteiger partial charge in [0.05, 0.1) is 6.10 Å². The van der Waals surface area contributed by atoms with Crippen LogP contribution in [0, 0.1) is 45.8 Å². The van der Waals surface area contributed by atoms with E-state index in [-0.39, 0.29) is 23.0 Å². The van der Waals surface area contributed by atoms with Crippen molar-refractivity contribution in [1.29, 1.82) is 0 Å². The zero-order valence-corrected chi connectivity index (χ0v) is 23.9. The van der Waals surface area contributed by atoms with Crippen molar-refractivity contribution in [3.8, 4) is 0 Å². The lowest BCUT2D eigenvalue weighted by Gasteiger charge is -2.69. The van der Waals surface area contributed by atoms with Crippen molar-refractivity contribution in [3.63, 3.8) is 0 Å². The van der Waals surface area contributed by atoms with Crippen molar-refractivity contribution in [1.82, 2.24) is 5.32 Å². The molecule has 0 radical (unpaired) electrons. The van der Waals surface area contributed by atoms with Crippen LogP contribution in [0.5, 0.6) is 0 Å². The predicted octanol–water partition coefficient (Wildman–Crippen LogP) is 7.31. The molecule has 1 aromatic carbocycles. The first-order valence-corrected chi connectivity index (χ1v) is 15.6. The Morgan fingerprint density at radius 3 is 2.38 bits per heavy atom. The standard InChI is InChI=1S/C34H51NO2/c1-31(2)27-17-20-32(3)25-16-22-34(35-30(37)15-12-23-9-6-5-7-10-23)19-8-11-26(34)24(25)13-14-28(32)33(27,4)21-18-29(31)36/h5-7,9-10,24-29,36H,8,11-22H2,1-4H3,(H,35,37). The van der Waals surface area contributed by atoms with Crippen LogP contribution in [-0.4, -0.2) is 22.7 Å². The van der Waals surface area contributed by atoms with Crippen LogP contribution in [0.3, 0.4) is 0 Å². The molecule has 0 aromatic heterocycles. The van der Waals surface area contributed by atoms with Crippen molar-refractivity contribution in [3.05, 3.63) is 35.9 Å². The number of rotatable bonds is 4. The van der Waals surface area contributed by atoms with E-state index in [1.54, 1.807) is 0 Å². The molecule has 37 heavy (non-hydrogen) atoms. The van der Waals surface area contributed by atoms with Gasteiger partial charge in [0, 0.05) is 12.0 Å². The van der Waals surface area contributed by atoms with Gasteiger partial charge in [-0.25, -0.2) is 0 Å². The van der Waals surface area contributed by atoms with Crippen LogP contribution in [0.1, 0.15) is 110 Å². The minimum atomic E-state index is -0.148. The average molecular weight is 506 g/mol. The summed E-state index contributed by atoms with van der Waals surface area (Å²) in [6, 6.07) is 10.5. The number of aliphatic hydroxyl groups is 1. The number of aryl methyl sites for hydroxylation is 1. The first-order chi connectivity index (χ1) is 17.6. The molecule has 6 rings (SSSR count). The number of hydrogen-bond donors (Lipinski definition) is 2. The largest absolute Gasteiger partial charge is 0.393 e. The Balaban J connectivity index is 1.19. The van der Waals surface area contributed by atoms with E-state index >= 15 is 0 Å². The van der Waals surface area contributed by atoms with Gasteiger partial charge in [0.1, 0.15) is 0 Å². The molecule has 204 valence electrons. The average Bonchev–Trinajstić information content (AvgIpc) is 3.29. The second-order valence-corrected chi connectivity index (χ2v) is 15.1. The Morgan fingerprint density at radius 2 is 1.59 bits per heavy atom. The van der Waals surface area contributed by atoms with Crippen LogP contribution in [0.15, 0.2) is 30.3 Å². The Hall–Kier alpha value is -1.35. The molecule has 3 nitrogen and oxygen atoms in total. The fraction of sp³-hybridized carbons (Fsp3) is 0.794. The highest BCUT2D eigenvalue weighted by Gasteiger charge is 2.66. The Labute approximate surface area is 225 Å². The minimum Gasteiger partial charge on any atom is -0.393 e. The van der Waals surface area contributed by atoms with Crippen LogP contribution < -0.4 is 5.32 Å². The summed E-state index contributed by atoms with van der Waals surface area (Å²) in [4.78, 5) is 13.2. The summed E-state index contributed by atoms with van der Waals surface area (Å²) in [6.07, 6.45) is 15.0. The van der Waals surface area contributed by atoms with Crippen LogP contribution >= 0.6 is 0 Å². The smallest absolute Gasteiger partial charge is 0.220 e. The molecule has 0 heterocycles. The maximum atomic E-state index is 13.2. The van der Waals surface area contributed by atoms with E-state index in [2.05, 4.69) is 57.3 Å². The molecule has 0 saturated heterocycles. The molecule has 1 aromatic rings. The van der Waals surface area contributed by atoms with Gasteiger partial charge in [-0.1, -0.05) is 64.4 Å². The van der Waals surface area contributed by atoms with Gasteiger partial charge in [-0.3, -0.25) is 4.79 Å². The van der Waals surface area contributed by atoms with E-state index in [0.717, 1.165) is 30.6 Å². The lowest BCUT2D eigenvalue weighted by Crippen LogP contribution is -2.65. The van der Waals surface area contributed by atoms with Gasteiger partial charge in [0.2, 0.25) is 5.91 Å². The number of benzene rings is 1. The summed E-state index contributed by atoms with van der Waals surface area (Å²) < 4.78 is 0. The van der Waals surface area contributed by atoms with Gasteiger partial charge in [0.25, 0.3) is 0 Å². The van der Waals surface area contributed by atoms with E-state index in [1.165, 1.54) is 69.8 Å². The van der Waals surface area contributed by atoms with Crippen LogP contribution in [-0.2, 0) is 11.2 Å². The topological polar surface area (TPSA) is 49.3 Å². The molecule has 5 saturated carbocycles. The van der Waals surface area contributed by atoms with Crippen molar-refractivity contribution in [2.24, 2.45) is 45.8 Å². The summed E-state index contributed by atoms with van der Waals surface area (Å²) in [5.74, 6) is 3.92. The first-order valence-electron chi connectivity index (χ1n) is 15.6. The van der Waals surface area contributed by atoms with Crippen LogP contribution in [0.4, 0.5) is 0 Å². The fourth-order valence-corrected chi connectivity index (χ4v) is 11.7. The van der Waals surface area contributed by atoms with E-state index in [1.807, 2.05) is 6.07 Å². The van der Waals surface area contributed by atoms with Gasteiger partial charge in [-0.15, -0.1) is 0 Å². The van der Waals surface area contributed by atoms with Crippen molar-refractivity contribution in [2.75, 3.05) is 0 Å². The minimum absolute atomic E-state index is 0.0301. The summed E-state index contributed by atoms with van der Waals surface area (Å²) in [5.41, 5.74) is 2.11. The summed E-state index contributed by atoms with van der Waals surface area (Å²) >= 11 is 0. The van der Waals surface area contributed by atoms with Crippen LogP contribution in [0.25, 0.3) is 0 Å². The second kappa shape index (κ2) is 9.10. The molecule has 9 atom stereocenters. The van der Waals surface area contributed by atoms with Crippen molar-refractivity contribution in [2.45, 2.75) is 123 Å². The summed E-state index contributed by atoms with van der Waals surface area (Å²) in [6.45, 7) is 9.99. The number of nitrogens with one attached hydrogen (secondary N) is 1. The third-order valence-corrected chi connectivity index (χ3v) is 13.4. The normalized spacial score (nSPS) is 46.2. The summed E-state index contributed by atoms with van der Waals surface area (Å²) in [5, 5.41) is 14.6. The molecule has 2 N–H and O–H groups in total. The molecule has 0 spiro atoms. The lowest BCUT2D eigenvalue weighted by atomic mass is 9.36. The Bertz CT molecular complexity index is 1000. The first kappa shape index (κ1) is 25.9. The molecule has 1 amide bonds. The highest BCUT2D eigenvalue weighted by atomic mass is 16.3. The Kier molecular flexibility index (Phi) is 6.37. The maximum absolute atomic E-state index is 13.2. The van der Waals surface area contributed by atoms with E-state index in [4.69, 9.17) is 0 Å². The lowest BCUT2D eigenvalue weighted by molar-refractivity contribution is -0.211. The van der Waals surface area contributed by atoms with Gasteiger partial charge in [-0.05, 0) is 122 Å². The molecule has 5 aliphatic rings. The molecule has 0 bridgehead atoms. The molecule has 9 unspecified atom stereocenters. The fourth-order valence-electron chi connectivity index (χ4n) is 11.7. The molecule has 3 heteroatoms. The van der Waals surface area contributed by atoms with Gasteiger partial charge in [-0.2, -0.15) is 0 Å². The predicted molar refractivity (Wildman–Crippen MR) is 150 cm³/mol. The molecular formula is C34H51NO2. The monoisotopic (exact) mass is 505 g/mol. The highest BCUT2D eigenvalue weighted by Crippen LogP contribution is 2.72. The number of aliphatic hydroxyl groups excluding tert-OH is 1. The molecular weight excluding hydrogens is 454 g/mol. The zero-order chi connectivity index (χ0) is 26.1. The second-order valence-electron chi connectivity index (χ2n) is 15.1. The number of carbonyl (C=O) groups is 1. The van der Waals surface area contributed by atoms with Crippen molar-refractivity contribution < 1.29 is 9.90 Å². The number of hydrogen-bond acceptors (Lipinski definition) is 2. The summed E-state index contributed by atoms with van der Waals surface area (Å²) in [7, 11) is 0. The van der Waals surface area contributed by atoms with Gasteiger partial charge < -0.3 is 10.4 Å². The molecule has 0 aliphatic heterocycles. The third-order valence-electron chi connectivity index (χ3n) is 13.4.